The summed E-state index contributed by atoms with van der Waals surface area (Å²) < 4.78 is 0. The molecule has 1 aromatic rings. The molecule has 0 saturated carbocycles. The van der Waals surface area contributed by atoms with E-state index in [2.05, 4.69) is 18.1 Å². The van der Waals surface area contributed by atoms with E-state index in [1.165, 1.54) is 57.8 Å². The number of aromatic nitrogens is 1. The zero-order valence-electron chi connectivity index (χ0n) is 12.1. The van der Waals surface area contributed by atoms with E-state index in [0.29, 0.717) is 5.56 Å². The third-order valence-corrected chi connectivity index (χ3v) is 3.42. The van der Waals surface area contributed by atoms with Gasteiger partial charge >= 0.3 is 0 Å². The van der Waals surface area contributed by atoms with Crippen molar-refractivity contribution in [1.29, 1.82) is 5.26 Å². The second kappa shape index (κ2) is 10.6. The predicted molar refractivity (Wildman–Crippen MR) is 78.7 cm³/mol. The van der Waals surface area contributed by atoms with Gasteiger partial charge in [-0.2, -0.15) is 5.26 Å². The van der Waals surface area contributed by atoms with Crippen LogP contribution >= 0.6 is 0 Å². The molecule has 1 rings (SSSR count). The number of unbranched alkanes of at least 4 members (excludes halogenated alkanes) is 8. The molecule has 19 heavy (non-hydrogen) atoms. The maximum atomic E-state index is 8.66. The van der Waals surface area contributed by atoms with Gasteiger partial charge in [0, 0.05) is 5.69 Å². The van der Waals surface area contributed by atoms with Gasteiger partial charge in [0.15, 0.2) is 0 Å². The molecule has 1 aromatic heterocycles. The number of nitriles is 1. The van der Waals surface area contributed by atoms with Crippen LogP contribution in [0.3, 0.4) is 0 Å². The third-order valence-electron chi connectivity index (χ3n) is 3.42. The van der Waals surface area contributed by atoms with Crippen molar-refractivity contribution in [3.63, 3.8) is 0 Å². The second-order valence-corrected chi connectivity index (χ2v) is 5.15. The Kier molecular flexibility index (Phi) is 8.72. The molecular weight excluding hydrogens is 232 g/mol. The molecule has 0 atom stereocenters. The third kappa shape index (κ3) is 7.62. The van der Waals surface area contributed by atoms with Crippen LogP contribution in [0.2, 0.25) is 0 Å². The molecule has 103 valence electrons. The normalized spacial score (nSPS) is 10.3. The van der Waals surface area contributed by atoms with Gasteiger partial charge in [-0.3, -0.25) is 0 Å². The summed E-state index contributed by atoms with van der Waals surface area (Å²) in [5, 5.41) is 8.66. The minimum atomic E-state index is 0.524. The van der Waals surface area contributed by atoms with Crippen LogP contribution in [-0.2, 0) is 6.42 Å². The second-order valence-electron chi connectivity index (χ2n) is 5.15. The molecular formula is C17H25N2. The minimum Gasteiger partial charge on any atom is -0.250 e. The molecule has 0 amide bonds. The molecule has 0 N–H and O–H groups in total. The first-order valence-corrected chi connectivity index (χ1v) is 7.64. The predicted octanol–water partition coefficient (Wildman–Crippen LogP) is 4.83. The lowest BCUT2D eigenvalue weighted by Crippen LogP contribution is -1.91. The standard InChI is InChI=1S/C17H25N2/c1-2-3-4-5-6-7-8-9-10-11-17-13-12-16(14-18)15-19-17/h12-13H,2-11H2,1H3. The van der Waals surface area contributed by atoms with Gasteiger partial charge in [-0.05, 0) is 25.0 Å². The first-order valence-electron chi connectivity index (χ1n) is 7.64. The van der Waals surface area contributed by atoms with Gasteiger partial charge in [0.05, 0.1) is 5.56 Å². The number of nitrogens with zero attached hydrogens (tertiary/aromatic N) is 2. The highest BCUT2D eigenvalue weighted by molar-refractivity contribution is 5.25. The summed E-state index contributed by atoms with van der Waals surface area (Å²) in [5.74, 6) is 0. The Balaban J connectivity index is 1.97. The van der Waals surface area contributed by atoms with E-state index < -0.39 is 0 Å². The van der Waals surface area contributed by atoms with E-state index in [1.54, 1.807) is 6.07 Å². The van der Waals surface area contributed by atoms with Crippen LogP contribution in [0.1, 0.15) is 76.0 Å². The van der Waals surface area contributed by atoms with Gasteiger partial charge in [0.2, 0.25) is 0 Å². The SMILES string of the molecule is CCCCCCCCCCCc1ccc(C#N)[c]n1. The smallest absolute Gasteiger partial charge is 0.108 e. The van der Waals surface area contributed by atoms with Crippen LogP contribution in [0, 0.1) is 17.5 Å². The highest BCUT2D eigenvalue weighted by Gasteiger charge is 1.97. The Hall–Kier alpha value is -1.36. The Labute approximate surface area is 117 Å². The number of rotatable bonds is 10. The molecule has 1 radical (unpaired) electrons. The van der Waals surface area contributed by atoms with E-state index in [0.717, 1.165) is 12.1 Å². The van der Waals surface area contributed by atoms with E-state index in [4.69, 9.17) is 5.26 Å². The highest BCUT2D eigenvalue weighted by Crippen LogP contribution is 2.11. The fourth-order valence-corrected chi connectivity index (χ4v) is 2.20. The Bertz CT molecular complexity index is 362. The minimum absolute atomic E-state index is 0.524. The molecule has 0 spiro atoms. The van der Waals surface area contributed by atoms with Gasteiger partial charge in [-0.15, -0.1) is 0 Å². The summed E-state index contributed by atoms with van der Waals surface area (Å²) in [7, 11) is 0. The quantitative estimate of drug-likeness (QED) is 0.563. The lowest BCUT2D eigenvalue weighted by Gasteiger charge is -2.02. The summed E-state index contributed by atoms with van der Waals surface area (Å²) in [6.07, 6.45) is 15.9. The largest absolute Gasteiger partial charge is 0.250 e. The molecule has 1 heterocycles. The zero-order chi connectivity index (χ0) is 13.8. The molecule has 0 fully saturated rings. The van der Waals surface area contributed by atoms with E-state index in [-0.39, 0.29) is 0 Å². The van der Waals surface area contributed by atoms with Crippen LogP contribution in [0.25, 0.3) is 0 Å². The molecule has 0 unspecified atom stereocenters. The van der Waals surface area contributed by atoms with E-state index >= 15 is 0 Å². The van der Waals surface area contributed by atoms with Crippen molar-refractivity contribution in [2.45, 2.75) is 71.1 Å². The van der Waals surface area contributed by atoms with Gasteiger partial charge in [-0.25, -0.2) is 4.98 Å². The average molecular weight is 257 g/mol. The van der Waals surface area contributed by atoms with Crippen molar-refractivity contribution < 1.29 is 0 Å². The van der Waals surface area contributed by atoms with Crippen molar-refractivity contribution in [2.24, 2.45) is 0 Å². The molecule has 0 bridgehead atoms. The summed E-state index contributed by atoms with van der Waals surface area (Å²) in [6, 6.07) is 5.79. The summed E-state index contributed by atoms with van der Waals surface area (Å²) in [6.45, 7) is 2.26. The molecule has 0 aliphatic rings. The molecule has 0 aliphatic heterocycles. The lowest BCUT2D eigenvalue weighted by atomic mass is 10.1. The molecule has 2 heteroatoms. The summed E-state index contributed by atoms with van der Waals surface area (Å²) in [4.78, 5) is 4.17. The van der Waals surface area contributed by atoms with E-state index in [9.17, 15) is 0 Å². The summed E-state index contributed by atoms with van der Waals surface area (Å²) >= 11 is 0. The van der Waals surface area contributed by atoms with Crippen molar-refractivity contribution in [3.8, 4) is 6.07 Å². The van der Waals surface area contributed by atoms with Gasteiger partial charge in [0.1, 0.15) is 12.3 Å². The van der Waals surface area contributed by atoms with Crippen molar-refractivity contribution in [1.82, 2.24) is 4.98 Å². The fraction of sp³-hybridized carbons (Fsp3) is 0.647. The van der Waals surface area contributed by atoms with Crippen molar-refractivity contribution in [3.05, 3.63) is 29.6 Å². The summed E-state index contributed by atoms with van der Waals surface area (Å²) in [5.41, 5.74) is 1.58. The van der Waals surface area contributed by atoms with Crippen molar-refractivity contribution >= 4 is 0 Å². The Morgan fingerprint density at radius 1 is 1.00 bits per heavy atom. The maximum absolute atomic E-state index is 8.66. The number of pyridine rings is 1. The van der Waals surface area contributed by atoms with Gasteiger partial charge in [-0.1, -0.05) is 58.3 Å². The number of hydrogen-bond acceptors (Lipinski definition) is 2. The van der Waals surface area contributed by atoms with Crippen LogP contribution < -0.4 is 0 Å². The molecule has 2 nitrogen and oxygen atoms in total. The maximum Gasteiger partial charge on any atom is 0.108 e. The number of hydrogen-bond donors (Lipinski definition) is 0. The van der Waals surface area contributed by atoms with Crippen molar-refractivity contribution in [2.75, 3.05) is 0 Å². The zero-order valence-corrected chi connectivity index (χ0v) is 12.1. The monoisotopic (exact) mass is 257 g/mol. The molecule has 0 aliphatic carbocycles. The highest BCUT2D eigenvalue weighted by atomic mass is 14.7. The van der Waals surface area contributed by atoms with Crippen LogP contribution in [-0.4, -0.2) is 4.98 Å². The lowest BCUT2D eigenvalue weighted by molar-refractivity contribution is 0.563. The first kappa shape index (κ1) is 15.7. The van der Waals surface area contributed by atoms with E-state index in [1.807, 2.05) is 12.1 Å². The van der Waals surface area contributed by atoms with Crippen LogP contribution in [0.15, 0.2) is 12.1 Å². The Morgan fingerprint density at radius 2 is 1.63 bits per heavy atom. The fourth-order valence-electron chi connectivity index (χ4n) is 2.20. The molecule has 0 saturated heterocycles. The topological polar surface area (TPSA) is 36.7 Å². The van der Waals surface area contributed by atoms with Crippen LogP contribution in [0.4, 0.5) is 0 Å². The van der Waals surface area contributed by atoms with Gasteiger partial charge in [0.25, 0.3) is 0 Å². The molecule has 0 aromatic carbocycles. The Morgan fingerprint density at radius 3 is 2.16 bits per heavy atom. The van der Waals surface area contributed by atoms with Crippen LogP contribution in [0.5, 0.6) is 0 Å². The van der Waals surface area contributed by atoms with Gasteiger partial charge < -0.3 is 0 Å². The first-order chi connectivity index (χ1) is 9.36. The number of aryl methyl sites for hydroxylation is 1. The average Bonchev–Trinajstić information content (AvgIpc) is 2.46.